The highest BCUT2D eigenvalue weighted by atomic mass is 32.2. The van der Waals surface area contributed by atoms with Crippen LogP contribution in [0.2, 0.25) is 0 Å². The van der Waals surface area contributed by atoms with Crippen LogP contribution in [-0.4, -0.2) is 28.7 Å². The summed E-state index contributed by atoms with van der Waals surface area (Å²) in [6, 6.07) is 13.7. The number of amides is 1. The largest absolute Gasteiger partial charge is 0.449 e. The van der Waals surface area contributed by atoms with E-state index < -0.39 is 18.0 Å². The fourth-order valence-electron chi connectivity index (χ4n) is 2.69. The maximum Gasteiger partial charge on any atom is 0.339 e. The average molecular weight is 455 g/mol. The normalized spacial score (nSPS) is 11.6. The van der Waals surface area contributed by atoms with Gasteiger partial charge in [-0.1, -0.05) is 30.0 Å². The molecule has 1 N–H and O–H groups in total. The van der Waals surface area contributed by atoms with Crippen molar-refractivity contribution in [3.05, 3.63) is 76.3 Å². The molecule has 1 heterocycles. The first-order valence-electron chi connectivity index (χ1n) is 9.59. The summed E-state index contributed by atoms with van der Waals surface area (Å²) in [6.45, 7) is 4.94. The van der Waals surface area contributed by atoms with Crippen LogP contribution in [0.5, 0.6) is 0 Å². The molecule has 0 aliphatic heterocycles. The number of ketones is 1. The molecule has 0 aliphatic carbocycles. The molecule has 0 fully saturated rings. The third-order valence-corrected chi connectivity index (χ3v) is 6.59. The van der Waals surface area contributed by atoms with Crippen molar-refractivity contribution in [2.75, 3.05) is 5.32 Å². The van der Waals surface area contributed by atoms with Gasteiger partial charge in [-0.2, -0.15) is 0 Å². The fourth-order valence-corrected chi connectivity index (χ4v) is 4.55. The highest BCUT2D eigenvalue weighted by Gasteiger charge is 2.21. The fraction of sp³-hybridized carbons (Fsp3) is 0.217. The summed E-state index contributed by atoms with van der Waals surface area (Å²) in [5, 5.41) is 4.67. The number of rotatable bonds is 8. The van der Waals surface area contributed by atoms with Gasteiger partial charge in [0, 0.05) is 28.1 Å². The summed E-state index contributed by atoms with van der Waals surface area (Å²) in [7, 11) is 0. The van der Waals surface area contributed by atoms with Crippen molar-refractivity contribution in [2.24, 2.45) is 0 Å². The number of anilines is 1. The topological polar surface area (TPSA) is 85.4 Å². The Balaban J connectivity index is 1.61. The Morgan fingerprint density at radius 3 is 2.48 bits per heavy atom. The SMILES string of the molecule is CC(=O)c1ccc(NC(=O)C(C)OC(=O)c2ccccc2CSc2nc(C)cs2)cc1. The lowest BCUT2D eigenvalue weighted by Crippen LogP contribution is -2.30. The van der Waals surface area contributed by atoms with Crippen LogP contribution in [-0.2, 0) is 15.3 Å². The second-order valence-corrected chi connectivity index (χ2v) is 8.95. The molecule has 6 nitrogen and oxygen atoms in total. The number of ether oxygens (including phenoxy) is 1. The first-order valence-corrected chi connectivity index (χ1v) is 11.5. The third kappa shape index (κ3) is 6.26. The Morgan fingerprint density at radius 1 is 1.13 bits per heavy atom. The molecule has 1 amide bonds. The Kier molecular flexibility index (Phi) is 7.59. The van der Waals surface area contributed by atoms with E-state index in [1.54, 1.807) is 59.5 Å². The van der Waals surface area contributed by atoms with Gasteiger partial charge in [0.25, 0.3) is 5.91 Å². The van der Waals surface area contributed by atoms with E-state index in [-0.39, 0.29) is 5.78 Å². The van der Waals surface area contributed by atoms with E-state index in [0.717, 1.165) is 15.6 Å². The van der Waals surface area contributed by atoms with E-state index in [1.165, 1.54) is 13.8 Å². The molecule has 0 saturated heterocycles. The molecule has 1 atom stereocenters. The Hall–Kier alpha value is -2.97. The Bertz CT molecular complexity index is 1090. The van der Waals surface area contributed by atoms with E-state index in [1.807, 2.05) is 24.4 Å². The highest BCUT2D eigenvalue weighted by molar-refractivity contribution is 8.00. The lowest BCUT2D eigenvalue weighted by atomic mass is 10.1. The van der Waals surface area contributed by atoms with Gasteiger partial charge in [-0.25, -0.2) is 9.78 Å². The monoisotopic (exact) mass is 454 g/mol. The molecule has 0 spiro atoms. The molecule has 3 aromatic rings. The maximum absolute atomic E-state index is 12.7. The van der Waals surface area contributed by atoms with E-state index >= 15 is 0 Å². The van der Waals surface area contributed by atoms with Gasteiger partial charge in [0.05, 0.1) is 5.56 Å². The lowest BCUT2D eigenvalue weighted by Gasteiger charge is -2.15. The number of esters is 1. The predicted octanol–water partition coefficient (Wildman–Crippen LogP) is 5.13. The molecule has 0 saturated carbocycles. The quantitative estimate of drug-likeness (QED) is 0.288. The lowest BCUT2D eigenvalue weighted by molar-refractivity contribution is -0.123. The molecule has 31 heavy (non-hydrogen) atoms. The van der Waals surface area contributed by atoms with E-state index in [9.17, 15) is 14.4 Å². The zero-order chi connectivity index (χ0) is 22.4. The van der Waals surface area contributed by atoms with Crippen molar-refractivity contribution in [3.63, 3.8) is 0 Å². The number of carbonyl (C=O) groups excluding carboxylic acids is 3. The van der Waals surface area contributed by atoms with E-state index in [4.69, 9.17) is 4.74 Å². The van der Waals surface area contributed by atoms with Crippen molar-refractivity contribution in [3.8, 4) is 0 Å². The molecule has 0 radical (unpaired) electrons. The summed E-state index contributed by atoms with van der Waals surface area (Å²) >= 11 is 3.12. The molecule has 1 aromatic heterocycles. The number of aromatic nitrogens is 1. The van der Waals surface area contributed by atoms with Gasteiger partial charge in [0.2, 0.25) is 0 Å². The van der Waals surface area contributed by atoms with Crippen LogP contribution in [0.1, 0.15) is 45.8 Å². The number of benzene rings is 2. The van der Waals surface area contributed by atoms with Crippen LogP contribution in [0.15, 0.2) is 58.3 Å². The zero-order valence-corrected chi connectivity index (χ0v) is 19.0. The summed E-state index contributed by atoms with van der Waals surface area (Å²) in [6.07, 6.45) is -0.984. The third-order valence-electron chi connectivity index (χ3n) is 4.40. The first kappa shape index (κ1) is 22.7. The van der Waals surface area contributed by atoms with Crippen molar-refractivity contribution in [1.82, 2.24) is 4.98 Å². The second kappa shape index (κ2) is 10.4. The maximum atomic E-state index is 12.7. The van der Waals surface area contributed by atoms with Crippen LogP contribution < -0.4 is 5.32 Å². The summed E-state index contributed by atoms with van der Waals surface area (Å²) in [5.74, 6) is -0.487. The number of hydrogen-bond acceptors (Lipinski definition) is 7. The number of hydrogen-bond donors (Lipinski definition) is 1. The predicted molar refractivity (Wildman–Crippen MR) is 123 cm³/mol. The van der Waals surface area contributed by atoms with Crippen molar-refractivity contribution in [2.45, 2.75) is 37.0 Å². The van der Waals surface area contributed by atoms with Gasteiger partial charge in [-0.05, 0) is 56.7 Å². The van der Waals surface area contributed by atoms with Gasteiger partial charge < -0.3 is 10.1 Å². The smallest absolute Gasteiger partial charge is 0.339 e. The number of thioether (sulfide) groups is 1. The number of aryl methyl sites for hydroxylation is 1. The Labute approximate surface area is 189 Å². The van der Waals surface area contributed by atoms with E-state index in [2.05, 4.69) is 10.3 Å². The van der Waals surface area contributed by atoms with Gasteiger partial charge in [-0.3, -0.25) is 9.59 Å². The van der Waals surface area contributed by atoms with Crippen LogP contribution in [0, 0.1) is 6.92 Å². The van der Waals surface area contributed by atoms with Crippen molar-refractivity contribution < 1.29 is 19.1 Å². The molecular weight excluding hydrogens is 432 g/mol. The minimum absolute atomic E-state index is 0.0537. The summed E-state index contributed by atoms with van der Waals surface area (Å²) < 4.78 is 6.34. The Morgan fingerprint density at radius 2 is 1.84 bits per heavy atom. The number of nitrogens with one attached hydrogen (secondary N) is 1. The second-order valence-electron chi connectivity index (χ2n) is 6.87. The van der Waals surface area contributed by atoms with Crippen LogP contribution in [0.3, 0.4) is 0 Å². The minimum atomic E-state index is -0.984. The van der Waals surface area contributed by atoms with Gasteiger partial charge >= 0.3 is 5.97 Å². The number of thiazole rings is 1. The van der Waals surface area contributed by atoms with E-state index in [0.29, 0.717) is 22.6 Å². The van der Waals surface area contributed by atoms with Gasteiger partial charge in [0.1, 0.15) is 4.34 Å². The standard InChI is InChI=1S/C23H22N2O4S2/c1-14-12-30-23(24-14)31-13-18-6-4-5-7-20(18)22(28)29-16(3)21(27)25-19-10-8-17(9-11-19)15(2)26/h4-12,16H,13H2,1-3H3,(H,25,27). The molecule has 3 rings (SSSR count). The summed E-state index contributed by atoms with van der Waals surface area (Å²) in [5.41, 5.74) is 3.29. The number of carbonyl (C=O) groups is 3. The first-order chi connectivity index (χ1) is 14.8. The molecule has 0 aliphatic rings. The molecule has 8 heteroatoms. The zero-order valence-electron chi connectivity index (χ0n) is 17.4. The minimum Gasteiger partial charge on any atom is -0.449 e. The summed E-state index contributed by atoms with van der Waals surface area (Å²) in [4.78, 5) is 40.9. The van der Waals surface area contributed by atoms with Crippen LogP contribution in [0.25, 0.3) is 0 Å². The van der Waals surface area contributed by atoms with Gasteiger partial charge in [-0.15, -0.1) is 11.3 Å². The molecule has 0 bridgehead atoms. The van der Waals surface area contributed by atoms with Crippen molar-refractivity contribution >= 4 is 46.4 Å². The molecule has 1 unspecified atom stereocenters. The number of Topliss-reactive ketones (excluding diaryl/α,β-unsaturated/α-hetero) is 1. The van der Waals surface area contributed by atoms with Crippen molar-refractivity contribution in [1.29, 1.82) is 0 Å². The molecular formula is C23H22N2O4S2. The molecule has 160 valence electrons. The van der Waals surface area contributed by atoms with Gasteiger partial charge in [0.15, 0.2) is 11.9 Å². The van der Waals surface area contributed by atoms with Crippen LogP contribution in [0.4, 0.5) is 5.69 Å². The van der Waals surface area contributed by atoms with Crippen LogP contribution >= 0.6 is 23.1 Å². The average Bonchev–Trinajstić information content (AvgIpc) is 3.17. The number of nitrogens with zero attached hydrogens (tertiary/aromatic N) is 1. The molecule has 2 aromatic carbocycles. The highest BCUT2D eigenvalue weighted by Crippen LogP contribution is 2.27.